The van der Waals surface area contributed by atoms with Gasteiger partial charge in [0, 0.05) is 21.5 Å². The predicted octanol–water partition coefficient (Wildman–Crippen LogP) is 3.86. The maximum Gasteiger partial charge on any atom is 0.231 e. The highest BCUT2D eigenvalue weighted by atomic mass is 79.9. The number of anilines is 1. The topological polar surface area (TPSA) is 51.2 Å². The van der Waals surface area contributed by atoms with Gasteiger partial charge in [0.1, 0.15) is 0 Å². The molecule has 1 fully saturated rings. The van der Waals surface area contributed by atoms with E-state index in [-0.39, 0.29) is 11.8 Å². The Bertz CT molecular complexity index is 648. The molecule has 6 heteroatoms. The van der Waals surface area contributed by atoms with Crippen LogP contribution in [0.4, 0.5) is 5.13 Å². The molecule has 2 aromatic rings. The van der Waals surface area contributed by atoms with E-state index in [1.165, 1.54) is 11.3 Å². The molecule has 1 aromatic carbocycles. The van der Waals surface area contributed by atoms with Gasteiger partial charge in [0.15, 0.2) is 5.13 Å². The summed E-state index contributed by atoms with van der Waals surface area (Å²) in [6.45, 7) is 3.19. The zero-order chi connectivity index (χ0) is 14.8. The second-order valence-corrected chi connectivity index (χ2v) is 7.10. The van der Waals surface area contributed by atoms with Crippen LogP contribution >= 0.6 is 27.3 Å². The average molecular weight is 367 g/mol. The molecule has 110 valence electrons. The molecule has 1 aliphatic heterocycles. The van der Waals surface area contributed by atoms with Gasteiger partial charge in [0.05, 0.1) is 18.2 Å². The van der Waals surface area contributed by atoms with Gasteiger partial charge in [-0.3, -0.25) is 4.79 Å². The summed E-state index contributed by atoms with van der Waals surface area (Å²) >= 11 is 4.93. The number of rotatable bonds is 3. The van der Waals surface area contributed by atoms with Crippen LogP contribution in [0, 0.1) is 12.8 Å². The lowest BCUT2D eigenvalue weighted by molar-refractivity contribution is -0.119. The van der Waals surface area contributed by atoms with Crippen molar-refractivity contribution in [2.75, 3.05) is 18.5 Å². The Kier molecular flexibility index (Phi) is 4.37. The lowest BCUT2D eigenvalue weighted by Gasteiger charge is -2.05. The van der Waals surface area contributed by atoms with Crippen molar-refractivity contribution in [3.63, 3.8) is 0 Å². The zero-order valence-corrected chi connectivity index (χ0v) is 14.0. The van der Waals surface area contributed by atoms with Gasteiger partial charge in [-0.05, 0) is 25.5 Å². The van der Waals surface area contributed by atoms with E-state index in [1.54, 1.807) is 0 Å². The van der Waals surface area contributed by atoms with Crippen molar-refractivity contribution in [2.45, 2.75) is 13.3 Å². The van der Waals surface area contributed by atoms with Crippen molar-refractivity contribution in [1.29, 1.82) is 0 Å². The van der Waals surface area contributed by atoms with Gasteiger partial charge in [-0.2, -0.15) is 0 Å². The van der Waals surface area contributed by atoms with Crippen LogP contribution in [0.2, 0.25) is 0 Å². The van der Waals surface area contributed by atoms with Crippen molar-refractivity contribution < 1.29 is 9.53 Å². The summed E-state index contributed by atoms with van der Waals surface area (Å²) in [6.07, 6.45) is 0.787. The summed E-state index contributed by atoms with van der Waals surface area (Å²) in [6, 6.07) is 8.01. The van der Waals surface area contributed by atoms with Crippen LogP contribution in [0.15, 0.2) is 28.7 Å². The highest BCUT2D eigenvalue weighted by molar-refractivity contribution is 9.10. The molecule has 0 spiro atoms. The molecule has 1 aliphatic rings. The molecule has 0 aliphatic carbocycles. The van der Waals surface area contributed by atoms with Crippen molar-refractivity contribution in [1.82, 2.24) is 4.98 Å². The molecule has 1 N–H and O–H groups in total. The van der Waals surface area contributed by atoms with E-state index < -0.39 is 0 Å². The molecule has 0 saturated carbocycles. The van der Waals surface area contributed by atoms with Crippen LogP contribution in [-0.2, 0) is 9.53 Å². The molecule has 3 rings (SSSR count). The first-order chi connectivity index (χ1) is 10.1. The molecule has 0 bridgehead atoms. The van der Waals surface area contributed by atoms with Gasteiger partial charge in [-0.15, -0.1) is 11.3 Å². The zero-order valence-electron chi connectivity index (χ0n) is 11.6. The fraction of sp³-hybridized carbons (Fsp3) is 0.333. The number of hydrogen-bond acceptors (Lipinski definition) is 4. The fourth-order valence-electron chi connectivity index (χ4n) is 2.27. The maximum absolute atomic E-state index is 12.1. The second-order valence-electron chi connectivity index (χ2n) is 4.98. The van der Waals surface area contributed by atoms with Gasteiger partial charge < -0.3 is 10.1 Å². The summed E-state index contributed by atoms with van der Waals surface area (Å²) in [5.74, 6) is -0.0473. The monoisotopic (exact) mass is 366 g/mol. The highest BCUT2D eigenvalue weighted by Crippen LogP contribution is 2.31. The largest absolute Gasteiger partial charge is 0.381 e. The van der Waals surface area contributed by atoms with E-state index in [2.05, 4.69) is 26.2 Å². The van der Waals surface area contributed by atoms with Crippen LogP contribution in [0.25, 0.3) is 11.3 Å². The molecule has 1 saturated heterocycles. The van der Waals surface area contributed by atoms with Crippen LogP contribution < -0.4 is 5.32 Å². The molecule has 1 atom stereocenters. The van der Waals surface area contributed by atoms with Gasteiger partial charge in [-0.25, -0.2) is 4.98 Å². The standard InChI is InChI=1S/C15H15BrN2O2S/c1-9-13(10-2-4-12(16)5-3-10)17-15(21-9)18-14(19)11-6-7-20-8-11/h2-5,11H,6-8H2,1H3,(H,17,18,19). The van der Waals surface area contributed by atoms with Crippen molar-refractivity contribution >= 4 is 38.3 Å². The molecule has 2 heterocycles. The number of carbonyl (C=O) groups is 1. The Morgan fingerprint density at radius 1 is 1.43 bits per heavy atom. The average Bonchev–Trinajstić information content (AvgIpc) is 3.10. The number of amides is 1. The Hall–Kier alpha value is -1.24. The third-order valence-corrected chi connectivity index (χ3v) is 4.86. The van der Waals surface area contributed by atoms with Gasteiger partial charge >= 0.3 is 0 Å². The van der Waals surface area contributed by atoms with Crippen LogP contribution in [0.1, 0.15) is 11.3 Å². The molecular weight excluding hydrogens is 352 g/mol. The lowest BCUT2D eigenvalue weighted by atomic mass is 10.1. The van der Waals surface area contributed by atoms with Gasteiger partial charge in [-0.1, -0.05) is 28.1 Å². The maximum atomic E-state index is 12.1. The SMILES string of the molecule is Cc1sc(NC(=O)C2CCOC2)nc1-c1ccc(Br)cc1. The second kappa shape index (κ2) is 6.25. The minimum absolute atomic E-state index is 0.00334. The minimum atomic E-state index is -0.0506. The summed E-state index contributed by atoms with van der Waals surface area (Å²) < 4.78 is 6.28. The summed E-state index contributed by atoms with van der Waals surface area (Å²) in [5.41, 5.74) is 1.97. The number of carbonyl (C=O) groups excluding carboxylic acids is 1. The third-order valence-electron chi connectivity index (χ3n) is 3.44. The van der Waals surface area contributed by atoms with Crippen LogP contribution in [0.5, 0.6) is 0 Å². The first-order valence-corrected chi connectivity index (χ1v) is 8.36. The van der Waals surface area contributed by atoms with Crippen molar-refractivity contribution in [2.24, 2.45) is 5.92 Å². The predicted molar refractivity (Wildman–Crippen MR) is 87.5 cm³/mol. The van der Waals surface area contributed by atoms with E-state index in [0.29, 0.717) is 18.3 Å². The van der Waals surface area contributed by atoms with Crippen molar-refractivity contribution in [3.05, 3.63) is 33.6 Å². The summed E-state index contributed by atoms with van der Waals surface area (Å²) in [5, 5.41) is 3.56. The normalized spacial score (nSPS) is 17.9. The molecule has 4 nitrogen and oxygen atoms in total. The summed E-state index contributed by atoms with van der Waals surface area (Å²) in [7, 11) is 0. The first-order valence-electron chi connectivity index (χ1n) is 6.75. The number of aryl methyl sites for hydroxylation is 1. The molecular formula is C15H15BrN2O2S. The van der Waals surface area contributed by atoms with Gasteiger partial charge in [0.2, 0.25) is 5.91 Å². The molecule has 1 unspecified atom stereocenters. The number of hydrogen-bond donors (Lipinski definition) is 1. The Balaban J connectivity index is 1.77. The molecule has 0 radical (unpaired) electrons. The van der Waals surface area contributed by atoms with E-state index in [0.717, 1.165) is 27.0 Å². The minimum Gasteiger partial charge on any atom is -0.381 e. The number of halogens is 1. The highest BCUT2D eigenvalue weighted by Gasteiger charge is 2.24. The van der Waals surface area contributed by atoms with E-state index >= 15 is 0 Å². The number of benzene rings is 1. The smallest absolute Gasteiger partial charge is 0.231 e. The first kappa shape index (κ1) is 14.7. The number of aromatic nitrogens is 1. The number of thiazole rings is 1. The third kappa shape index (κ3) is 3.33. The van der Waals surface area contributed by atoms with E-state index in [1.807, 2.05) is 31.2 Å². The Morgan fingerprint density at radius 3 is 2.86 bits per heavy atom. The van der Waals surface area contributed by atoms with Crippen molar-refractivity contribution in [3.8, 4) is 11.3 Å². The molecule has 21 heavy (non-hydrogen) atoms. The lowest BCUT2D eigenvalue weighted by Crippen LogP contribution is -2.22. The number of ether oxygens (including phenoxy) is 1. The van der Waals surface area contributed by atoms with Gasteiger partial charge in [0.25, 0.3) is 0 Å². The summed E-state index contributed by atoms with van der Waals surface area (Å²) in [4.78, 5) is 17.7. The fourth-order valence-corrected chi connectivity index (χ4v) is 3.38. The van der Waals surface area contributed by atoms with E-state index in [4.69, 9.17) is 4.74 Å². The van der Waals surface area contributed by atoms with Crippen LogP contribution in [-0.4, -0.2) is 24.1 Å². The quantitative estimate of drug-likeness (QED) is 0.897. The molecule has 1 amide bonds. The Morgan fingerprint density at radius 2 is 2.19 bits per heavy atom. The number of nitrogens with zero attached hydrogens (tertiary/aromatic N) is 1. The Labute approximate surface area is 135 Å². The number of nitrogens with one attached hydrogen (secondary N) is 1. The molecule has 1 aromatic heterocycles. The van der Waals surface area contributed by atoms with E-state index in [9.17, 15) is 4.79 Å². The van der Waals surface area contributed by atoms with Crippen LogP contribution in [0.3, 0.4) is 0 Å².